The van der Waals surface area contributed by atoms with Gasteiger partial charge in [-0.15, -0.1) is 0 Å². The maximum Gasteiger partial charge on any atom is 0.305 e. The van der Waals surface area contributed by atoms with Gasteiger partial charge in [-0.25, -0.2) is 0 Å². The topological polar surface area (TPSA) is 95.9 Å². The summed E-state index contributed by atoms with van der Waals surface area (Å²) in [5, 5.41) is 23.3. The van der Waals surface area contributed by atoms with Crippen molar-refractivity contribution in [1.29, 1.82) is 0 Å². The summed E-state index contributed by atoms with van der Waals surface area (Å²) in [5.41, 5.74) is 0. The molecule has 3 N–H and O–H groups in total. The maximum absolute atomic E-state index is 12.5. The van der Waals surface area contributed by atoms with Gasteiger partial charge in [0.05, 0.1) is 25.4 Å². The summed E-state index contributed by atoms with van der Waals surface area (Å²) in [6.07, 6.45) is 96.8. The molecule has 0 aromatic carbocycles. The summed E-state index contributed by atoms with van der Waals surface area (Å²) in [6, 6.07) is -0.632. The zero-order valence-corrected chi connectivity index (χ0v) is 57.6. The Morgan fingerprint density at radius 2 is 0.553 bits per heavy atom. The predicted octanol–water partition coefficient (Wildman–Crippen LogP) is 25.4. The number of unbranched alkanes of at least 4 members (excludes halogenated alkanes) is 58. The molecule has 6 heteroatoms. The average Bonchev–Trinajstić information content (AvgIpc) is 3.51. The van der Waals surface area contributed by atoms with E-state index in [2.05, 4.69) is 43.5 Å². The minimum Gasteiger partial charge on any atom is -0.466 e. The van der Waals surface area contributed by atoms with Gasteiger partial charge in [0.15, 0.2) is 0 Å². The molecule has 0 aliphatic rings. The lowest BCUT2D eigenvalue weighted by Gasteiger charge is -2.20. The van der Waals surface area contributed by atoms with Crippen molar-refractivity contribution in [3.63, 3.8) is 0 Å². The number of nitrogens with one attached hydrogen (secondary N) is 1. The van der Waals surface area contributed by atoms with E-state index in [4.69, 9.17) is 4.74 Å². The molecule has 0 spiro atoms. The largest absolute Gasteiger partial charge is 0.466 e. The van der Waals surface area contributed by atoms with Crippen LogP contribution in [0.2, 0.25) is 0 Å². The molecule has 0 radical (unpaired) electrons. The summed E-state index contributed by atoms with van der Waals surface area (Å²) >= 11 is 0. The van der Waals surface area contributed by atoms with E-state index in [-0.39, 0.29) is 18.5 Å². The average molecular weight is 1200 g/mol. The first kappa shape index (κ1) is 83.1. The number of carbonyl (C=O) groups is 2. The molecule has 0 heterocycles. The number of allylic oxidation sites excluding steroid dienone is 5. The second-order valence-corrected chi connectivity index (χ2v) is 26.7. The van der Waals surface area contributed by atoms with E-state index in [1.54, 1.807) is 6.08 Å². The standard InChI is InChI=1S/C79H151NO5/c1-3-5-7-9-11-13-15-17-19-21-23-24-25-29-32-36-39-43-47-51-55-59-63-67-71-77(82)76(75-81)80-78(83)72-68-64-60-56-52-48-44-40-37-33-30-27-26-28-31-34-38-42-46-50-54-58-62-66-70-74-85-79(84)73-69-65-61-57-53-49-45-41-35-22-20-18-16-14-12-10-8-6-4-2/h18,20,27,30,67,71,76-77,81-82H,3-17,19,21-26,28-29,31-66,68-70,72-75H2,1-2H3,(H,80,83)/b20-18-,30-27-,71-67+. The van der Waals surface area contributed by atoms with Crippen LogP contribution in [-0.2, 0) is 14.3 Å². The third-order valence-corrected chi connectivity index (χ3v) is 18.1. The highest BCUT2D eigenvalue weighted by molar-refractivity contribution is 5.76. The second-order valence-electron chi connectivity index (χ2n) is 26.7. The molecule has 2 unspecified atom stereocenters. The smallest absolute Gasteiger partial charge is 0.305 e. The molecule has 0 aliphatic heterocycles. The molecule has 85 heavy (non-hydrogen) atoms. The molecule has 502 valence electrons. The van der Waals surface area contributed by atoms with Crippen LogP contribution in [0, 0.1) is 0 Å². The molecule has 0 saturated carbocycles. The van der Waals surface area contributed by atoms with Crippen molar-refractivity contribution in [2.75, 3.05) is 13.2 Å². The Balaban J connectivity index is 3.41. The third-order valence-electron chi connectivity index (χ3n) is 18.1. The number of ether oxygens (including phenoxy) is 1. The quantitative estimate of drug-likeness (QED) is 0.0320. The highest BCUT2D eigenvalue weighted by Crippen LogP contribution is 2.19. The van der Waals surface area contributed by atoms with Crippen LogP contribution in [0.3, 0.4) is 0 Å². The van der Waals surface area contributed by atoms with Gasteiger partial charge in [-0.05, 0) is 83.5 Å². The Kier molecular flexibility index (Phi) is 72.9. The first-order valence-corrected chi connectivity index (χ1v) is 38.8. The number of carbonyl (C=O) groups excluding carboxylic acids is 2. The van der Waals surface area contributed by atoms with E-state index in [1.165, 1.54) is 360 Å². The Morgan fingerprint density at radius 3 is 0.835 bits per heavy atom. The predicted molar refractivity (Wildman–Crippen MR) is 375 cm³/mol. The third kappa shape index (κ3) is 71.0. The van der Waals surface area contributed by atoms with Gasteiger partial charge < -0.3 is 20.3 Å². The molecule has 6 nitrogen and oxygen atoms in total. The van der Waals surface area contributed by atoms with Gasteiger partial charge in [0.25, 0.3) is 0 Å². The Bertz CT molecular complexity index is 1380. The van der Waals surface area contributed by atoms with E-state index >= 15 is 0 Å². The first-order valence-electron chi connectivity index (χ1n) is 38.8. The van der Waals surface area contributed by atoms with Crippen LogP contribution in [0.25, 0.3) is 0 Å². The van der Waals surface area contributed by atoms with Gasteiger partial charge in [0.2, 0.25) is 5.91 Å². The first-order chi connectivity index (χ1) is 42.0. The summed E-state index contributed by atoms with van der Waals surface area (Å²) in [7, 11) is 0. The van der Waals surface area contributed by atoms with Crippen LogP contribution in [0.5, 0.6) is 0 Å². The van der Waals surface area contributed by atoms with Crippen LogP contribution in [-0.4, -0.2) is 47.4 Å². The monoisotopic (exact) mass is 1190 g/mol. The Morgan fingerprint density at radius 1 is 0.318 bits per heavy atom. The van der Waals surface area contributed by atoms with Crippen molar-refractivity contribution in [3.05, 3.63) is 36.5 Å². The van der Waals surface area contributed by atoms with Gasteiger partial charge >= 0.3 is 5.97 Å². The normalized spacial score (nSPS) is 12.7. The molecule has 0 fully saturated rings. The van der Waals surface area contributed by atoms with Crippen molar-refractivity contribution >= 4 is 11.9 Å². The molecule has 0 saturated heterocycles. The van der Waals surface area contributed by atoms with E-state index in [0.717, 1.165) is 44.9 Å². The number of rotatable bonds is 73. The van der Waals surface area contributed by atoms with Crippen molar-refractivity contribution in [2.24, 2.45) is 0 Å². The van der Waals surface area contributed by atoms with Gasteiger partial charge in [-0.2, -0.15) is 0 Å². The van der Waals surface area contributed by atoms with Crippen molar-refractivity contribution in [3.8, 4) is 0 Å². The number of aliphatic hydroxyl groups excluding tert-OH is 2. The van der Waals surface area contributed by atoms with Crippen LogP contribution < -0.4 is 5.32 Å². The summed E-state index contributed by atoms with van der Waals surface area (Å²) in [4.78, 5) is 24.7. The molecule has 0 aromatic rings. The van der Waals surface area contributed by atoms with Crippen molar-refractivity contribution < 1.29 is 24.5 Å². The van der Waals surface area contributed by atoms with E-state index in [1.807, 2.05) is 6.08 Å². The lowest BCUT2D eigenvalue weighted by molar-refractivity contribution is -0.143. The van der Waals surface area contributed by atoms with Gasteiger partial charge in [0, 0.05) is 12.8 Å². The van der Waals surface area contributed by atoms with Crippen LogP contribution in [0.1, 0.15) is 431 Å². The van der Waals surface area contributed by atoms with Crippen LogP contribution >= 0.6 is 0 Å². The zero-order valence-electron chi connectivity index (χ0n) is 57.6. The van der Waals surface area contributed by atoms with Gasteiger partial charge in [-0.1, -0.05) is 371 Å². The Hall–Kier alpha value is -1.92. The molecular weight excluding hydrogens is 1040 g/mol. The summed E-state index contributed by atoms with van der Waals surface area (Å²) in [6.45, 7) is 4.94. The molecular formula is C79H151NO5. The summed E-state index contributed by atoms with van der Waals surface area (Å²) in [5.74, 6) is -0.0530. The number of esters is 1. The molecule has 0 aromatic heterocycles. The maximum atomic E-state index is 12.5. The highest BCUT2D eigenvalue weighted by Gasteiger charge is 2.18. The fourth-order valence-corrected chi connectivity index (χ4v) is 12.2. The highest BCUT2D eigenvalue weighted by atomic mass is 16.5. The molecule has 2 atom stereocenters. The number of amides is 1. The Labute approximate surface area is 532 Å². The van der Waals surface area contributed by atoms with E-state index in [0.29, 0.717) is 19.4 Å². The molecule has 0 rings (SSSR count). The number of hydrogen-bond acceptors (Lipinski definition) is 5. The number of aliphatic hydroxyl groups is 2. The zero-order chi connectivity index (χ0) is 61.3. The van der Waals surface area contributed by atoms with Crippen LogP contribution in [0.4, 0.5) is 0 Å². The SMILES string of the molecule is CCCCCCCC/C=C\CCCCCCCCCCCC(=O)OCCCCCCCCCCCCCC/C=C\CCCCCCCCCCCC(=O)NC(CO)C(O)/C=C/CCCCCCCCCCCCCCCCCCCCCCCC. The summed E-state index contributed by atoms with van der Waals surface area (Å²) < 4.78 is 5.51. The fraction of sp³-hybridized carbons (Fsp3) is 0.899. The van der Waals surface area contributed by atoms with Gasteiger partial charge in [-0.3, -0.25) is 9.59 Å². The lowest BCUT2D eigenvalue weighted by atomic mass is 10.0. The lowest BCUT2D eigenvalue weighted by Crippen LogP contribution is -2.45. The van der Waals surface area contributed by atoms with E-state index in [9.17, 15) is 19.8 Å². The minimum absolute atomic E-state index is 0.0135. The number of hydrogen-bond donors (Lipinski definition) is 3. The van der Waals surface area contributed by atoms with Gasteiger partial charge in [0.1, 0.15) is 0 Å². The van der Waals surface area contributed by atoms with Crippen LogP contribution in [0.15, 0.2) is 36.5 Å². The van der Waals surface area contributed by atoms with Crippen molar-refractivity contribution in [2.45, 2.75) is 443 Å². The van der Waals surface area contributed by atoms with E-state index < -0.39 is 12.1 Å². The fourth-order valence-electron chi connectivity index (χ4n) is 12.2. The molecule has 0 bridgehead atoms. The van der Waals surface area contributed by atoms with Crippen molar-refractivity contribution in [1.82, 2.24) is 5.32 Å². The minimum atomic E-state index is -0.848. The molecule has 1 amide bonds. The molecule has 0 aliphatic carbocycles. The second kappa shape index (κ2) is 74.5.